The molecule has 0 radical (unpaired) electrons. The van der Waals surface area contributed by atoms with Crippen LogP contribution in [0.15, 0.2) is 60.7 Å². The molecule has 0 atom stereocenters. The number of para-hydroxylation sites is 1. The van der Waals surface area contributed by atoms with Gasteiger partial charge in [-0.3, -0.25) is 9.59 Å². The summed E-state index contributed by atoms with van der Waals surface area (Å²) in [6.07, 6.45) is 3.69. The SMILES string of the molecule is COc1ccc(C(=O)N(CC=CC=O)c2ccccc2)cc1OC. The van der Waals surface area contributed by atoms with Crippen molar-refractivity contribution in [1.29, 1.82) is 0 Å². The van der Waals surface area contributed by atoms with Gasteiger partial charge < -0.3 is 14.4 Å². The third kappa shape index (κ3) is 4.01. The van der Waals surface area contributed by atoms with Crippen molar-refractivity contribution in [2.75, 3.05) is 25.7 Å². The van der Waals surface area contributed by atoms with Crippen molar-refractivity contribution in [3.05, 3.63) is 66.2 Å². The highest BCUT2D eigenvalue weighted by Gasteiger charge is 2.18. The lowest BCUT2D eigenvalue weighted by Crippen LogP contribution is -2.31. The lowest BCUT2D eigenvalue weighted by atomic mass is 10.1. The monoisotopic (exact) mass is 325 g/mol. The fourth-order valence-corrected chi connectivity index (χ4v) is 2.26. The number of ether oxygens (including phenoxy) is 2. The van der Waals surface area contributed by atoms with Crippen molar-refractivity contribution in [3.8, 4) is 11.5 Å². The maximum atomic E-state index is 12.9. The fraction of sp³-hybridized carbons (Fsp3) is 0.158. The van der Waals surface area contributed by atoms with Crippen molar-refractivity contribution in [1.82, 2.24) is 0 Å². The van der Waals surface area contributed by atoms with Crippen LogP contribution in [-0.4, -0.2) is 33.0 Å². The Morgan fingerprint density at radius 1 is 1.04 bits per heavy atom. The van der Waals surface area contributed by atoms with Crippen molar-refractivity contribution < 1.29 is 19.1 Å². The first-order valence-electron chi connectivity index (χ1n) is 7.40. The molecular weight excluding hydrogens is 306 g/mol. The normalized spacial score (nSPS) is 10.4. The second-order valence-electron chi connectivity index (χ2n) is 4.89. The largest absolute Gasteiger partial charge is 0.493 e. The number of carbonyl (C=O) groups is 2. The van der Waals surface area contributed by atoms with Gasteiger partial charge in [0, 0.05) is 17.8 Å². The van der Waals surface area contributed by atoms with Crippen LogP contribution in [0.4, 0.5) is 5.69 Å². The zero-order valence-corrected chi connectivity index (χ0v) is 13.6. The summed E-state index contributed by atoms with van der Waals surface area (Å²) in [6.45, 7) is 0.288. The average molecular weight is 325 g/mol. The number of nitrogens with zero attached hydrogens (tertiary/aromatic N) is 1. The molecule has 0 unspecified atom stereocenters. The predicted molar refractivity (Wildman–Crippen MR) is 92.9 cm³/mol. The second-order valence-corrected chi connectivity index (χ2v) is 4.89. The van der Waals surface area contributed by atoms with Gasteiger partial charge in [0.05, 0.1) is 14.2 Å². The summed E-state index contributed by atoms with van der Waals surface area (Å²) in [5, 5.41) is 0. The van der Waals surface area contributed by atoms with Crippen molar-refractivity contribution in [3.63, 3.8) is 0 Å². The van der Waals surface area contributed by atoms with Gasteiger partial charge in [0.15, 0.2) is 11.5 Å². The van der Waals surface area contributed by atoms with E-state index in [1.165, 1.54) is 13.2 Å². The maximum absolute atomic E-state index is 12.9. The summed E-state index contributed by atoms with van der Waals surface area (Å²) in [4.78, 5) is 25.0. The maximum Gasteiger partial charge on any atom is 0.258 e. The summed E-state index contributed by atoms with van der Waals surface area (Å²) < 4.78 is 10.5. The summed E-state index contributed by atoms with van der Waals surface area (Å²) in [7, 11) is 3.06. The van der Waals surface area contributed by atoms with E-state index in [1.807, 2.05) is 30.3 Å². The van der Waals surface area contributed by atoms with Crippen molar-refractivity contribution in [2.45, 2.75) is 0 Å². The number of carbonyl (C=O) groups excluding carboxylic acids is 2. The summed E-state index contributed by atoms with van der Waals surface area (Å²) in [6, 6.07) is 14.3. The molecule has 0 N–H and O–H groups in total. The summed E-state index contributed by atoms with van der Waals surface area (Å²) in [5.74, 6) is 0.846. The van der Waals surface area contributed by atoms with Gasteiger partial charge in [-0.15, -0.1) is 0 Å². The minimum atomic E-state index is -0.197. The first-order chi connectivity index (χ1) is 11.7. The standard InChI is InChI=1S/C19H19NO4/c1-23-17-11-10-15(14-18(17)24-2)19(22)20(12-6-7-13-21)16-8-4-3-5-9-16/h3-11,13-14H,12H2,1-2H3. The Balaban J connectivity index is 2.37. The van der Waals surface area contributed by atoms with Crippen LogP contribution in [0.3, 0.4) is 0 Å². The molecule has 124 valence electrons. The number of allylic oxidation sites excluding steroid dienone is 1. The number of hydrogen-bond donors (Lipinski definition) is 0. The van der Waals surface area contributed by atoms with E-state index in [0.717, 1.165) is 5.69 Å². The van der Waals surface area contributed by atoms with Crippen molar-refractivity contribution >= 4 is 17.9 Å². The Morgan fingerprint density at radius 3 is 2.38 bits per heavy atom. The Hall–Kier alpha value is -3.08. The highest BCUT2D eigenvalue weighted by atomic mass is 16.5. The smallest absolute Gasteiger partial charge is 0.258 e. The van der Waals surface area contributed by atoms with Gasteiger partial charge in [-0.1, -0.05) is 24.3 Å². The molecule has 2 aromatic carbocycles. The van der Waals surface area contributed by atoms with E-state index >= 15 is 0 Å². The number of rotatable bonds is 7. The van der Waals surface area contributed by atoms with Crippen molar-refractivity contribution in [2.24, 2.45) is 0 Å². The van der Waals surface area contributed by atoms with E-state index in [0.29, 0.717) is 23.3 Å². The fourth-order valence-electron chi connectivity index (χ4n) is 2.26. The minimum absolute atomic E-state index is 0.197. The zero-order chi connectivity index (χ0) is 17.4. The number of benzene rings is 2. The molecule has 5 nitrogen and oxygen atoms in total. The molecule has 0 aliphatic carbocycles. The third-order valence-corrected chi connectivity index (χ3v) is 3.45. The average Bonchev–Trinajstić information content (AvgIpc) is 2.65. The number of aldehydes is 1. The number of amides is 1. The van der Waals surface area contributed by atoms with Gasteiger partial charge in [-0.05, 0) is 36.4 Å². The first kappa shape index (κ1) is 17.3. The second kappa shape index (κ2) is 8.53. The lowest BCUT2D eigenvalue weighted by molar-refractivity contribution is -0.104. The third-order valence-electron chi connectivity index (χ3n) is 3.45. The Kier molecular flexibility index (Phi) is 6.14. The summed E-state index contributed by atoms with van der Waals surface area (Å²) in [5.41, 5.74) is 1.21. The summed E-state index contributed by atoms with van der Waals surface area (Å²) >= 11 is 0. The van der Waals surface area contributed by atoms with E-state index in [2.05, 4.69) is 0 Å². The zero-order valence-electron chi connectivity index (χ0n) is 13.6. The molecule has 24 heavy (non-hydrogen) atoms. The molecule has 0 saturated heterocycles. The van der Waals surface area contributed by atoms with Crippen LogP contribution in [-0.2, 0) is 4.79 Å². The van der Waals surface area contributed by atoms with E-state index in [4.69, 9.17) is 9.47 Å². The predicted octanol–water partition coefficient (Wildman–Crippen LogP) is 3.11. The molecule has 0 bridgehead atoms. The molecule has 1 amide bonds. The molecule has 5 heteroatoms. The Bertz CT molecular complexity index is 725. The number of anilines is 1. The topological polar surface area (TPSA) is 55.8 Å². The minimum Gasteiger partial charge on any atom is -0.493 e. The first-order valence-corrected chi connectivity index (χ1v) is 7.40. The molecular formula is C19H19NO4. The molecule has 0 aromatic heterocycles. The Labute approximate surface area is 141 Å². The van der Waals surface area contributed by atoms with Crippen LogP contribution in [0.5, 0.6) is 11.5 Å². The van der Waals surface area contributed by atoms with Gasteiger partial charge in [-0.25, -0.2) is 0 Å². The van der Waals surface area contributed by atoms with Crippen LogP contribution in [0.1, 0.15) is 10.4 Å². The highest BCUT2D eigenvalue weighted by molar-refractivity contribution is 6.06. The molecule has 2 aromatic rings. The molecule has 2 rings (SSSR count). The Morgan fingerprint density at radius 2 is 1.75 bits per heavy atom. The number of hydrogen-bond acceptors (Lipinski definition) is 4. The molecule has 0 spiro atoms. The molecule has 0 aliphatic rings. The van der Waals surface area contributed by atoms with Crippen LogP contribution >= 0.6 is 0 Å². The van der Waals surface area contributed by atoms with E-state index in [-0.39, 0.29) is 12.5 Å². The highest BCUT2D eigenvalue weighted by Crippen LogP contribution is 2.28. The van der Waals surface area contributed by atoms with Gasteiger partial charge in [0.2, 0.25) is 0 Å². The molecule has 0 fully saturated rings. The van der Waals surface area contributed by atoms with E-state index < -0.39 is 0 Å². The van der Waals surface area contributed by atoms with E-state index in [9.17, 15) is 9.59 Å². The lowest BCUT2D eigenvalue weighted by Gasteiger charge is -2.22. The van der Waals surface area contributed by atoms with Crippen LogP contribution in [0, 0.1) is 0 Å². The van der Waals surface area contributed by atoms with Gasteiger partial charge >= 0.3 is 0 Å². The van der Waals surface area contributed by atoms with Gasteiger partial charge in [0.1, 0.15) is 6.29 Å². The molecule has 0 saturated carbocycles. The van der Waals surface area contributed by atoms with Crippen LogP contribution in [0.25, 0.3) is 0 Å². The molecule has 0 aliphatic heterocycles. The van der Waals surface area contributed by atoms with E-state index in [1.54, 1.807) is 36.3 Å². The molecule has 0 heterocycles. The van der Waals surface area contributed by atoms with Crippen LogP contribution in [0.2, 0.25) is 0 Å². The number of methoxy groups -OCH3 is 2. The van der Waals surface area contributed by atoms with Crippen LogP contribution < -0.4 is 14.4 Å². The van der Waals surface area contributed by atoms with Gasteiger partial charge in [-0.2, -0.15) is 0 Å². The van der Waals surface area contributed by atoms with Gasteiger partial charge in [0.25, 0.3) is 5.91 Å². The quantitative estimate of drug-likeness (QED) is 0.580.